The van der Waals surface area contributed by atoms with E-state index in [1.807, 2.05) is 0 Å². The maximum absolute atomic E-state index is 11.8. The molecule has 2 heterocycles. The Labute approximate surface area is 140 Å². The average Bonchev–Trinajstić information content (AvgIpc) is 3.13. The van der Waals surface area contributed by atoms with Gasteiger partial charge in [0.25, 0.3) is 11.8 Å². The number of nitrogens with one attached hydrogen (secondary N) is 2. The molecule has 9 nitrogen and oxygen atoms in total. The fourth-order valence-electron chi connectivity index (χ4n) is 1.70. The first-order valence-corrected chi connectivity index (χ1v) is 7.60. The van der Waals surface area contributed by atoms with Gasteiger partial charge in [-0.25, -0.2) is 9.78 Å². The van der Waals surface area contributed by atoms with E-state index in [0.717, 1.165) is 11.3 Å². The lowest BCUT2D eigenvalue weighted by atomic mass is 10.4. The van der Waals surface area contributed by atoms with Gasteiger partial charge in [0, 0.05) is 25.5 Å². The van der Waals surface area contributed by atoms with Gasteiger partial charge in [-0.3, -0.25) is 19.7 Å². The SMILES string of the molecule is CC(=O)Nc1nc(C(=O)OCC(=O)NC(=O)c2cccn2C)cs1. The number of esters is 1. The summed E-state index contributed by atoms with van der Waals surface area (Å²) >= 11 is 1.05. The number of aryl methyl sites for hydroxylation is 1. The van der Waals surface area contributed by atoms with E-state index in [1.54, 1.807) is 29.9 Å². The number of amides is 3. The summed E-state index contributed by atoms with van der Waals surface area (Å²) in [6.07, 6.45) is 1.66. The van der Waals surface area contributed by atoms with E-state index in [9.17, 15) is 19.2 Å². The second kappa shape index (κ2) is 7.51. The molecule has 2 aromatic rings. The molecule has 10 heteroatoms. The number of imide groups is 1. The molecule has 2 aromatic heterocycles. The van der Waals surface area contributed by atoms with Crippen LogP contribution in [-0.4, -0.2) is 39.8 Å². The Hall–Kier alpha value is -3.01. The van der Waals surface area contributed by atoms with Crippen LogP contribution in [0.4, 0.5) is 5.13 Å². The summed E-state index contributed by atoms with van der Waals surface area (Å²) in [5.41, 5.74) is 0.263. The number of thiazole rings is 1. The molecule has 0 unspecified atom stereocenters. The Kier molecular flexibility index (Phi) is 5.42. The molecule has 0 saturated heterocycles. The van der Waals surface area contributed by atoms with Crippen LogP contribution in [0.25, 0.3) is 0 Å². The van der Waals surface area contributed by atoms with Gasteiger partial charge >= 0.3 is 5.97 Å². The van der Waals surface area contributed by atoms with Crippen molar-refractivity contribution in [1.29, 1.82) is 0 Å². The highest BCUT2D eigenvalue weighted by Gasteiger charge is 2.17. The van der Waals surface area contributed by atoms with Gasteiger partial charge in [-0.05, 0) is 12.1 Å². The zero-order valence-electron chi connectivity index (χ0n) is 12.9. The number of carbonyl (C=O) groups is 4. The molecule has 0 saturated carbocycles. The molecule has 24 heavy (non-hydrogen) atoms. The van der Waals surface area contributed by atoms with Crippen molar-refractivity contribution in [3.05, 3.63) is 35.1 Å². The minimum Gasteiger partial charge on any atom is -0.451 e. The number of nitrogens with zero attached hydrogens (tertiary/aromatic N) is 2. The van der Waals surface area contributed by atoms with Gasteiger partial charge in [-0.1, -0.05) is 0 Å². The maximum Gasteiger partial charge on any atom is 0.358 e. The first-order chi connectivity index (χ1) is 11.4. The topological polar surface area (TPSA) is 119 Å². The minimum absolute atomic E-state index is 0.0367. The van der Waals surface area contributed by atoms with Crippen LogP contribution in [0.5, 0.6) is 0 Å². The number of rotatable bonds is 5. The maximum atomic E-state index is 11.8. The summed E-state index contributed by atoms with van der Waals surface area (Å²) in [5.74, 6) is -2.50. The minimum atomic E-state index is -0.829. The van der Waals surface area contributed by atoms with Crippen molar-refractivity contribution in [2.75, 3.05) is 11.9 Å². The van der Waals surface area contributed by atoms with E-state index in [1.165, 1.54) is 12.3 Å². The van der Waals surface area contributed by atoms with Crippen molar-refractivity contribution in [1.82, 2.24) is 14.9 Å². The summed E-state index contributed by atoms with van der Waals surface area (Å²) in [4.78, 5) is 50.0. The van der Waals surface area contributed by atoms with Crippen molar-refractivity contribution in [2.45, 2.75) is 6.92 Å². The fourth-order valence-corrected chi connectivity index (χ4v) is 2.43. The third-order valence-corrected chi connectivity index (χ3v) is 3.52. The predicted molar refractivity (Wildman–Crippen MR) is 84.6 cm³/mol. The standard InChI is InChI=1S/C14H14N4O5S/c1-8(19)15-14-16-9(7-24-14)13(22)23-6-11(20)17-12(21)10-4-3-5-18(10)2/h3-5,7H,6H2,1-2H3,(H,15,16,19)(H,17,20,21). The van der Waals surface area contributed by atoms with Crippen molar-refractivity contribution in [3.8, 4) is 0 Å². The normalized spacial score (nSPS) is 10.1. The van der Waals surface area contributed by atoms with Crippen LogP contribution >= 0.6 is 11.3 Å². The molecule has 3 amide bonds. The van der Waals surface area contributed by atoms with Crippen molar-refractivity contribution >= 4 is 40.2 Å². The quantitative estimate of drug-likeness (QED) is 0.760. The molecule has 0 aliphatic rings. The summed E-state index contributed by atoms with van der Waals surface area (Å²) in [6, 6.07) is 3.21. The lowest BCUT2D eigenvalue weighted by molar-refractivity contribution is -0.123. The Balaban J connectivity index is 1.84. The van der Waals surface area contributed by atoms with Gasteiger partial charge in [-0.15, -0.1) is 11.3 Å². The van der Waals surface area contributed by atoms with Crippen LogP contribution in [0.1, 0.15) is 27.9 Å². The van der Waals surface area contributed by atoms with Gasteiger partial charge in [0.2, 0.25) is 5.91 Å². The molecular weight excluding hydrogens is 336 g/mol. The number of anilines is 1. The molecule has 126 valence electrons. The second-order valence-corrected chi connectivity index (χ2v) is 5.53. The van der Waals surface area contributed by atoms with E-state index < -0.39 is 24.4 Å². The lowest BCUT2D eigenvalue weighted by Gasteiger charge is -2.05. The van der Waals surface area contributed by atoms with Gasteiger partial charge in [0.05, 0.1) is 0 Å². The molecule has 2 rings (SSSR count). The zero-order valence-corrected chi connectivity index (χ0v) is 13.7. The lowest BCUT2D eigenvalue weighted by Crippen LogP contribution is -2.35. The van der Waals surface area contributed by atoms with Crippen LogP contribution < -0.4 is 10.6 Å². The van der Waals surface area contributed by atoms with Gasteiger partial charge in [-0.2, -0.15) is 0 Å². The molecule has 0 bridgehead atoms. The molecular formula is C14H14N4O5S. The summed E-state index contributed by atoms with van der Waals surface area (Å²) in [7, 11) is 1.66. The Bertz CT molecular complexity index is 795. The summed E-state index contributed by atoms with van der Waals surface area (Å²) in [6.45, 7) is 0.690. The number of carbonyl (C=O) groups excluding carboxylic acids is 4. The number of aromatic nitrogens is 2. The number of hydrogen-bond donors (Lipinski definition) is 2. The molecule has 0 spiro atoms. The van der Waals surface area contributed by atoms with Crippen LogP contribution in [0, 0.1) is 0 Å². The van der Waals surface area contributed by atoms with Crippen molar-refractivity contribution in [3.63, 3.8) is 0 Å². The van der Waals surface area contributed by atoms with E-state index in [0.29, 0.717) is 5.69 Å². The smallest absolute Gasteiger partial charge is 0.358 e. The highest BCUT2D eigenvalue weighted by atomic mass is 32.1. The van der Waals surface area contributed by atoms with Gasteiger partial charge in [0.15, 0.2) is 17.4 Å². The van der Waals surface area contributed by atoms with Crippen molar-refractivity contribution < 1.29 is 23.9 Å². The molecule has 0 fully saturated rings. The zero-order chi connectivity index (χ0) is 17.7. The predicted octanol–water partition coefficient (Wildman–Crippen LogP) is 0.553. The molecule has 2 N–H and O–H groups in total. The molecule has 0 radical (unpaired) electrons. The van der Waals surface area contributed by atoms with Gasteiger partial charge < -0.3 is 14.6 Å². The van der Waals surface area contributed by atoms with E-state index >= 15 is 0 Å². The van der Waals surface area contributed by atoms with Gasteiger partial charge in [0.1, 0.15) is 5.69 Å². The fraction of sp³-hybridized carbons (Fsp3) is 0.214. The molecule has 0 atom stereocenters. The van der Waals surface area contributed by atoms with E-state index in [4.69, 9.17) is 4.74 Å². The third-order valence-electron chi connectivity index (χ3n) is 2.76. The monoisotopic (exact) mass is 350 g/mol. The Morgan fingerprint density at radius 3 is 2.71 bits per heavy atom. The van der Waals surface area contributed by atoms with Crippen LogP contribution in [0.3, 0.4) is 0 Å². The van der Waals surface area contributed by atoms with E-state index in [-0.39, 0.29) is 16.7 Å². The first kappa shape index (κ1) is 17.3. The van der Waals surface area contributed by atoms with E-state index in [2.05, 4.69) is 15.6 Å². The van der Waals surface area contributed by atoms with Crippen LogP contribution in [0.15, 0.2) is 23.7 Å². The third kappa shape index (κ3) is 4.49. The summed E-state index contributed by atoms with van der Waals surface area (Å²) in [5, 5.41) is 6.17. The number of ether oxygens (including phenoxy) is 1. The molecule has 0 aromatic carbocycles. The average molecular weight is 350 g/mol. The van der Waals surface area contributed by atoms with Crippen LogP contribution in [-0.2, 0) is 21.4 Å². The first-order valence-electron chi connectivity index (χ1n) is 6.72. The molecule has 0 aliphatic heterocycles. The number of hydrogen-bond acceptors (Lipinski definition) is 7. The second-order valence-electron chi connectivity index (χ2n) is 4.68. The molecule has 0 aliphatic carbocycles. The summed E-state index contributed by atoms with van der Waals surface area (Å²) < 4.78 is 6.33. The Morgan fingerprint density at radius 1 is 1.33 bits per heavy atom. The Morgan fingerprint density at radius 2 is 2.08 bits per heavy atom. The largest absolute Gasteiger partial charge is 0.451 e. The van der Waals surface area contributed by atoms with Crippen LogP contribution in [0.2, 0.25) is 0 Å². The van der Waals surface area contributed by atoms with Crippen molar-refractivity contribution in [2.24, 2.45) is 7.05 Å². The highest BCUT2D eigenvalue weighted by Crippen LogP contribution is 2.15. The highest BCUT2D eigenvalue weighted by molar-refractivity contribution is 7.14.